The molecule has 8 nitrogen and oxygen atoms in total. The quantitative estimate of drug-likeness (QED) is 0.622. The van der Waals surface area contributed by atoms with Crippen molar-refractivity contribution in [2.24, 2.45) is 5.92 Å². The minimum atomic E-state index is -3.84. The molecule has 30 heavy (non-hydrogen) atoms. The molecule has 9 heteroatoms. The van der Waals surface area contributed by atoms with E-state index in [1.54, 1.807) is 24.3 Å². The molecule has 1 aromatic carbocycles. The summed E-state index contributed by atoms with van der Waals surface area (Å²) in [4.78, 5) is 0.140. The summed E-state index contributed by atoms with van der Waals surface area (Å²) >= 11 is 0. The number of benzene rings is 1. The molecule has 3 heterocycles. The van der Waals surface area contributed by atoms with Gasteiger partial charge in [-0.3, -0.25) is 4.18 Å². The van der Waals surface area contributed by atoms with Crippen LogP contribution < -0.4 is 0 Å². The molecule has 0 bridgehead atoms. The third-order valence-corrected chi connectivity index (χ3v) is 6.95. The highest BCUT2D eigenvalue weighted by Gasteiger charge is 2.57. The molecule has 0 radical (unpaired) electrons. The van der Waals surface area contributed by atoms with Gasteiger partial charge < -0.3 is 23.7 Å². The summed E-state index contributed by atoms with van der Waals surface area (Å²) in [7, 11) is -3.84. The maximum Gasteiger partial charge on any atom is 0.296 e. The van der Waals surface area contributed by atoms with Gasteiger partial charge in [0.2, 0.25) is 0 Å². The van der Waals surface area contributed by atoms with Crippen molar-refractivity contribution in [1.29, 1.82) is 0 Å². The first-order valence-corrected chi connectivity index (χ1v) is 11.7. The molecule has 3 fully saturated rings. The Balaban J connectivity index is 1.44. The second-order valence-electron chi connectivity index (χ2n) is 8.98. The van der Waals surface area contributed by atoms with Crippen molar-refractivity contribution in [2.45, 2.75) is 82.1 Å². The van der Waals surface area contributed by atoms with Crippen molar-refractivity contribution in [3.63, 3.8) is 0 Å². The highest BCUT2D eigenvalue weighted by atomic mass is 32.2. The molecule has 0 unspecified atom stereocenters. The van der Waals surface area contributed by atoms with E-state index in [0.29, 0.717) is 13.0 Å². The molecule has 3 saturated heterocycles. The van der Waals surface area contributed by atoms with Crippen molar-refractivity contribution in [2.75, 3.05) is 13.2 Å². The first-order valence-electron chi connectivity index (χ1n) is 10.2. The van der Waals surface area contributed by atoms with Crippen LogP contribution in [0.4, 0.5) is 0 Å². The van der Waals surface area contributed by atoms with Crippen molar-refractivity contribution >= 4 is 10.1 Å². The molecule has 3 aliphatic heterocycles. The van der Waals surface area contributed by atoms with E-state index in [9.17, 15) is 8.42 Å². The predicted octanol–water partition coefficient (Wildman–Crippen LogP) is 2.73. The van der Waals surface area contributed by atoms with Gasteiger partial charge in [0.25, 0.3) is 10.1 Å². The highest BCUT2D eigenvalue weighted by molar-refractivity contribution is 7.86. The number of aryl methyl sites for hydroxylation is 1. The Bertz CT molecular complexity index is 863. The molecule has 168 valence electrons. The second kappa shape index (κ2) is 7.81. The Morgan fingerprint density at radius 2 is 1.70 bits per heavy atom. The predicted molar refractivity (Wildman–Crippen MR) is 106 cm³/mol. The summed E-state index contributed by atoms with van der Waals surface area (Å²) in [5, 5.41) is 0. The minimum Gasteiger partial charge on any atom is -0.348 e. The van der Waals surface area contributed by atoms with Crippen molar-refractivity contribution in [1.82, 2.24) is 0 Å². The SMILES string of the molecule is Cc1ccc(S(=O)(=O)OCC[C@H]2[C@H]3OC(C)(C)O[C@H]3O[C@@H]2[C@H]2COC(C)(C)O2)cc1. The van der Waals surface area contributed by atoms with Crippen LogP contribution in [0.2, 0.25) is 0 Å². The summed E-state index contributed by atoms with van der Waals surface area (Å²) in [5.41, 5.74) is 0.980. The van der Waals surface area contributed by atoms with Crippen LogP contribution >= 0.6 is 0 Å². The van der Waals surface area contributed by atoms with E-state index in [2.05, 4.69) is 0 Å². The van der Waals surface area contributed by atoms with Crippen LogP contribution in [0.25, 0.3) is 0 Å². The van der Waals surface area contributed by atoms with Gasteiger partial charge in [0, 0.05) is 5.92 Å². The third kappa shape index (κ3) is 4.57. The molecule has 0 spiro atoms. The van der Waals surface area contributed by atoms with Crippen LogP contribution in [0.15, 0.2) is 29.2 Å². The Morgan fingerprint density at radius 1 is 1.00 bits per heavy atom. The smallest absolute Gasteiger partial charge is 0.296 e. The topological polar surface area (TPSA) is 89.5 Å². The van der Waals surface area contributed by atoms with E-state index >= 15 is 0 Å². The van der Waals surface area contributed by atoms with E-state index in [0.717, 1.165) is 5.56 Å². The summed E-state index contributed by atoms with van der Waals surface area (Å²) in [6.07, 6.45) is -1.08. The first-order chi connectivity index (χ1) is 14.0. The van der Waals surface area contributed by atoms with Crippen molar-refractivity contribution in [3.05, 3.63) is 29.8 Å². The van der Waals surface area contributed by atoms with Gasteiger partial charge in [-0.1, -0.05) is 17.7 Å². The zero-order valence-electron chi connectivity index (χ0n) is 18.0. The lowest BCUT2D eigenvalue weighted by Gasteiger charge is -2.29. The highest BCUT2D eigenvalue weighted by Crippen LogP contribution is 2.45. The molecule has 3 aliphatic rings. The Morgan fingerprint density at radius 3 is 2.33 bits per heavy atom. The van der Waals surface area contributed by atoms with E-state index in [4.69, 9.17) is 27.9 Å². The maximum atomic E-state index is 12.5. The van der Waals surface area contributed by atoms with Crippen LogP contribution in [-0.4, -0.2) is 57.8 Å². The summed E-state index contributed by atoms with van der Waals surface area (Å²) < 4.78 is 60.1. The molecule has 0 aromatic heterocycles. The molecular formula is C21H30O8S. The van der Waals surface area contributed by atoms with Crippen LogP contribution in [0.5, 0.6) is 0 Å². The zero-order valence-corrected chi connectivity index (χ0v) is 18.8. The Labute approximate surface area is 177 Å². The molecule has 0 amide bonds. The fourth-order valence-electron chi connectivity index (χ4n) is 4.23. The maximum absolute atomic E-state index is 12.5. The van der Waals surface area contributed by atoms with Gasteiger partial charge in [-0.05, 0) is 53.2 Å². The second-order valence-corrected chi connectivity index (χ2v) is 10.6. The molecule has 0 aliphatic carbocycles. The number of fused-ring (bicyclic) bond motifs is 1. The largest absolute Gasteiger partial charge is 0.348 e. The van der Waals surface area contributed by atoms with Crippen molar-refractivity contribution in [3.8, 4) is 0 Å². The Hall–Kier alpha value is -1.07. The number of ether oxygens (including phenoxy) is 5. The van der Waals surface area contributed by atoms with Gasteiger partial charge >= 0.3 is 0 Å². The van der Waals surface area contributed by atoms with E-state index in [1.807, 2.05) is 34.6 Å². The first kappa shape index (κ1) is 22.1. The van der Waals surface area contributed by atoms with E-state index in [1.165, 1.54) is 0 Å². The number of hydrogen-bond donors (Lipinski definition) is 0. The van der Waals surface area contributed by atoms with Gasteiger partial charge in [0.1, 0.15) is 12.2 Å². The van der Waals surface area contributed by atoms with E-state index < -0.39 is 28.0 Å². The lowest BCUT2D eigenvalue weighted by Crippen LogP contribution is -2.39. The lowest BCUT2D eigenvalue weighted by molar-refractivity contribution is -0.227. The van der Waals surface area contributed by atoms with Crippen LogP contribution in [0.1, 0.15) is 39.7 Å². The number of rotatable bonds is 6. The standard InChI is InChI=1S/C21H30O8S/c1-13-6-8-14(9-7-13)30(22,23)25-11-10-15-17(16-12-24-20(2,3)27-16)26-19-18(15)28-21(4,5)29-19/h6-9,15-19H,10-12H2,1-5H3/t15-,16-,17+,18-,19-/m1/s1. The zero-order chi connectivity index (χ0) is 21.7. The lowest BCUT2D eigenvalue weighted by atomic mass is 9.92. The molecule has 1 aromatic rings. The fraction of sp³-hybridized carbons (Fsp3) is 0.714. The van der Waals surface area contributed by atoms with E-state index in [-0.39, 0.29) is 35.7 Å². The van der Waals surface area contributed by atoms with Crippen molar-refractivity contribution < 1.29 is 36.3 Å². The average Bonchev–Trinajstić information content (AvgIpc) is 3.25. The average molecular weight is 443 g/mol. The van der Waals surface area contributed by atoms with Gasteiger partial charge in [-0.25, -0.2) is 0 Å². The van der Waals surface area contributed by atoms with Gasteiger partial charge in [0.05, 0.1) is 24.2 Å². The summed E-state index contributed by atoms with van der Waals surface area (Å²) in [6.45, 7) is 9.66. The number of hydrogen-bond acceptors (Lipinski definition) is 8. The summed E-state index contributed by atoms with van der Waals surface area (Å²) in [5.74, 6) is -1.62. The molecule has 0 saturated carbocycles. The monoisotopic (exact) mass is 442 g/mol. The Kier molecular flexibility index (Phi) is 5.76. The fourth-order valence-corrected chi connectivity index (χ4v) is 5.15. The van der Waals surface area contributed by atoms with Crippen LogP contribution in [-0.2, 0) is 38.0 Å². The molecule has 0 N–H and O–H groups in total. The molecular weight excluding hydrogens is 412 g/mol. The van der Waals surface area contributed by atoms with Crippen LogP contribution in [0.3, 0.4) is 0 Å². The minimum absolute atomic E-state index is 0.00468. The molecule has 5 atom stereocenters. The third-order valence-electron chi connectivity index (χ3n) is 5.62. The summed E-state index contributed by atoms with van der Waals surface area (Å²) in [6, 6.07) is 6.58. The van der Waals surface area contributed by atoms with Gasteiger partial charge in [0.15, 0.2) is 17.9 Å². The van der Waals surface area contributed by atoms with Gasteiger partial charge in [-0.2, -0.15) is 8.42 Å². The normalized spacial score (nSPS) is 34.9. The molecule has 4 rings (SSSR count). The van der Waals surface area contributed by atoms with Gasteiger partial charge in [-0.15, -0.1) is 0 Å². The van der Waals surface area contributed by atoms with Crippen LogP contribution in [0, 0.1) is 12.8 Å².